The second-order valence-electron chi connectivity index (χ2n) is 7.51. The Hall–Kier alpha value is -2.66. The number of aromatic nitrogens is 1. The Morgan fingerprint density at radius 3 is 2.79 bits per heavy atom. The standard InChI is InChI=1S/C23H24N2O2S/c1-15(2)17-9-7-16(8-10-17)11-20-13-24-23(28-20)25-22(26)19-12-18-5-3-4-6-21(18)27-14-19/h3-10,13,15,19H,11-12,14H2,1-2H3,(H,24,25,26)/t19-/m0/s1. The first-order valence-corrected chi connectivity index (χ1v) is 10.5. The van der Waals surface area contributed by atoms with E-state index < -0.39 is 0 Å². The third-order valence-electron chi connectivity index (χ3n) is 5.06. The van der Waals surface area contributed by atoms with Crippen molar-refractivity contribution in [1.29, 1.82) is 0 Å². The molecule has 0 spiro atoms. The Balaban J connectivity index is 1.36. The molecular formula is C23H24N2O2S. The molecule has 1 N–H and O–H groups in total. The molecule has 2 aromatic carbocycles. The van der Waals surface area contributed by atoms with Crippen LogP contribution in [0.2, 0.25) is 0 Å². The van der Waals surface area contributed by atoms with Crippen LogP contribution in [0.4, 0.5) is 5.13 Å². The van der Waals surface area contributed by atoms with Crippen molar-refractivity contribution < 1.29 is 9.53 Å². The number of carbonyl (C=O) groups excluding carboxylic acids is 1. The third kappa shape index (κ3) is 4.25. The van der Waals surface area contributed by atoms with Gasteiger partial charge in [-0.25, -0.2) is 4.98 Å². The highest BCUT2D eigenvalue weighted by molar-refractivity contribution is 7.15. The molecule has 0 bridgehead atoms. The van der Waals surface area contributed by atoms with Crippen molar-refractivity contribution in [2.45, 2.75) is 32.6 Å². The number of nitrogens with zero attached hydrogens (tertiary/aromatic N) is 1. The van der Waals surface area contributed by atoms with Gasteiger partial charge in [0.15, 0.2) is 5.13 Å². The van der Waals surface area contributed by atoms with Crippen LogP contribution in [0.3, 0.4) is 0 Å². The van der Waals surface area contributed by atoms with Crippen molar-refractivity contribution >= 4 is 22.4 Å². The summed E-state index contributed by atoms with van der Waals surface area (Å²) in [7, 11) is 0. The number of hydrogen-bond acceptors (Lipinski definition) is 4. The summed E-state index contributed by atoms with van der Waals surface area (Å²) >= 11 is 1.53. The summed E-state index contributed by atoms with van der Waals surface area (Å²) < 4.78 is 5.73. The lowest BCUT2D eigenvalue weighted by Crippen LogP contribution is -2.32. The van der Waals surface area contributed by atoms with E-state index in [1.54, 1.807) is 0 Å². The van der Waals surface area contributed by atoms with E-state index in [4.69, 9.17) is 4.74 Å². The van der Waals surface area contributed by atoms with Crippen LogP contribution in [0.25, 0.3) is 0 Å². The minimum Gasteiger partial charge on any atom is -0.492 e. The smallest absolute Gasteiger partial charge is 0.233 e. The lowest BCUT2D eigenvalue weighted by Gasteiger charge is -2.24. The molecule has 1 aliphatic rings. The number of benzene rings is 2. The molecular weight excluding hydrogens is 368 g/mol. The zero-order chi connectivity index (χ0) is 19.5. The van der Waals surface area contributed by atoms with Crippen LogP contribution in [0.1, 0.15) is 41.3 Å². The van der Waals surface area contributed by atoms with E-state index in [1.165, 1.54) is 22.5 Å². The Morgan fingerprint density at radius 1 is 1.21 bits per heavy atom. The van der Waals surface area contributed by atoms with Gasteiger partial charge in [0.25, 0.3) is 0 Å². The lowest BCUT2D eigenvalue weighted by molar-refractivity contribution is -0.121. The number of nitrogens with one attached hydrogen (secondary N) is 1. The van der Waals surface area contributed by atoms with E-state index in [1.807, 2.05) is 30.5 Å². The summed E-state index contributed by atoms with van der Waals surface area (Å²) in [5.41, 5.74) is 3.68. The van der Waals surface area contributed by atoms with E-state index in [0.717, 1.165) is 22.6 Å². The fourth-order valence-electron chi connectivity index (χ4n) is 3.37. The van der Waals surface area contributed by atoms with Crippen LogP contribution < -0.4 is 10.1 Å². The highest BCUT2D eigenvalue weighted by atomic mass is 32.1. The number of amides is 1. The number of rotatable bonds is 5. The van der Waals surface area contributed by atoms with Gasteiger partial charge in [-0.2, -0.15) is 0 Å². The topological polar surface area (TPSA) is 51.2 Å². The van der Waals surface area contributed by atoms with Gasteiger partial charge in [-0.1, -0.05) is 56.3 Å². The van der Waals surface area contributed by atoms with Gasteiger partial charge in [0.1, 0.15) is 12.4 Å². The molecule has 1 amide bonds. The van der Waals surface area contributed by atoms with Gasteiger partial charge in [-0.15, -0.1) is 11.3 Å². The highest BCUT2D eigenvalue weighted by Gasteiger charge is 2.26. The van der Waals surface area contributed by atoms with Crippen LogP contribution in [0.5, 0.6) is 5.75 Å². The largest absolute Gasteiger partial charge is 0.492 e. The average Bonchev–Trinajstić information content (AvgIpc) is 3.14. The Kier molecular flexibility index (Phi) is 5.44. The zero-order valence-corrected chi connectivity index (χ0v) is 17.0. The highest BCUT2D eigenvalue weighted by Crippen LogP contribution is 2.28. The molecule has 0 saturated carbocycles. The molecule has 0 aliphatic carbocycles. The van der Waals surface area contributed by atoms with Gasteiger partial charge in [-0.05, 0) is 35.1 Å². The second-order valence-corrected chi connectivity index (χ2v) is 8.63. The van der Waals surface area contributed by atoms with Gasteiger partial charge in [0.05, 0.1) is 5.92 Å². The number of anilines is 1. The molecule has 0 unspecified atom stereocenters. The normalized spacial score (nSPS) is 15.8. The van der Waals surface area contributed by atoms with Crippen molar-refractivity contribution in [2.75, 3.05) is 11.9 Å². The number of ether oxygens (including phenoxy) is 1. The molecule has 1 aromatic heterocycles. The first kappa shape index (κ1) is 18.7. The minimum atomic E-state index is -0.189. The van der Waals surface area contributed by atoms with Gasteiger partial charge in [0, 0.05) is 17.5 Å². The van der Waals surface area contributed by atoms with E-state index in [2.05, 4.69) is 48.4 Å². The van der Waals surface area contributed by atoms with Crippen molar-refractivity contribution in [3.05, 3.63) is 76.3 Å². The molecule has 0 radical (unpaired) electrons. The first-order valence-electron chi connectivity index (χ1n) is 9.63. The number of thiazole rings is 1. The summed E-state index contributed by atoms with van der Waals surface area (Å²) in [5.74, 6) is 1.20. The molecule has 2 heterocycles. The molecule has 144 valence electrons. The van der Waals surface area contributed by atoms with Crippen LogP contribution in [0.15, 0.2) is 54.7 Å². The lowest BCUT2D eigenvalue weighted by atomic mass is 9.96. The molecule has 0 fully saturated rings. The van der Waals surface area contributed by atoms with Crippen molar-refractivity contribution in [2.24, 2.45) is 5.92 Å². The molecule has 0 saturated heterocycles. The minimum absolute atomic E-state index is 0.0308. The average molecular weight is 393 g/mol. The molecule has 5 heteroatoms. The number of para-hydroxylation sites is 1. The molecule has 1 atom stereocenters. The maximum Gasteiger partial charge on any atom is 0.233 e. The summed E-state index contributed by atoms with van der Waals surface area (Å²) in [4.78, 5) is 18.1. The van der Waals surface area contributed by atoms with Gasteiger partial charge >= 0.3 is 0 Å². The van der Waals surface area contributed by atoms with E-state index in [-0.39, 0.29) is 11.8 Å². The monoisotopic (exact) mass is 392 g/mol. The van der Waals surface area contributed by atoms with Gasteiger partial charge in [0.2, 0.25) is 5.91 Å². The Labute approximate surface area is 169 Å². The van der Waals surface area contributed by atoms with E-state index in [9.17, 15) is 4.79 Å². The molecule has 1 aliphatic heterocycles. The van der Waals surface area contributed by atoms with Crippen molar-refractivity contribution in [3.8, 4) is 5.75 Å². The van der Waals surface area contributed by atoms with Crippen LogP contribution >= 0.6 is 11.3 Å². The number of hydrogen-bond donors (Lipinski definition) is 1. The second kappa shape index (κ2) is 8.15. The van der Waals surface area contributed by atoms with Gasteiger partial charge in [-0.3, -0.25) is 4.79 Å². The zero-order valence-electron chi connectivity index (χ0n) is 16.1. The summed E-state index contributed by atoms with van der Waals surface area (Å²) in [6.45, 7) is 4.80. The van der Waals surface area contributed by atoms with Crippen LogP contribution in [-0.2, 0) is 17.6 Å². The molecule has 4 nitrogen and oxygen atoms in total. The van der Waals surface area contributed by atoms with Gasteiger partial charge < -0.3 is 10.1 Å². The van der Waals surface area contributed by atoms with Crippen LogP contribution in [-0.4, -0.2) is 17.5 Å². The maximum absolute atomic E-state index is 12.6. The first-order chi connectivity index (χ1) is 13.6. The third-order valence-corrected chi connectivity index (χ3v) is 5.97. The van der Waals surface area contributed by atoms with Crippen molar-refractivity contribution in [3.63, 3.8) is 0 Å². The fourth-order valence-corrected chi connectivity index (χ4v) is 4.22. The van der Waals surface area contributed by atoms with Crippen molar-refractivity contribution in [1.82, 2.24) is 4.98 Å². The molecule has 3 aromatic rings. The predicted molar refractivity (Wildman–Crippen MR) is 113 cm³/mol. The predicted octanol–water partition coefficient (Wildman–Crippen LogP) is 5.05. The Bertz CT molecular complexity index is 963. The Morgan fingerprint density at radius 2 is 2.00 bits per heavy atom. The quantitative estimate of drug-likeness (QED) is 0.661. The van der Waals surface area contributed by atoms with E-state index in [0.29, 0.717) is 24.1 Å². The molecule has 28 heavy (non-hydrogen) atoms. The number of fused-ring (bicyclic) bond motifs is 1. The van der Waals surface area contributed by atoms with E-state index >= 15 is 0 Å². The molecule has 4 rings (SSSR count). The fraction of sp³-hybridized carbons (Fsp3) is 0.304. The summed E-state index contributed by atoms with van der Waals surface area (Å²) in [5, 5.41) is 3.61. The SMILES string of the molecule is CC(C)c1ccc(Cc2cnc(NC(=O)[C@@H]3COc4ccccc4C3)s2)cc1. The maximum atomic E-state index is 12.6. The van der Waals surface area contributed by atoms with Crippen LogP contribution in [0, 0.1) is 5.92 Å². The number of carbonyl (C=O) groups is 1. The summed E-state index contributed by atoms with van der Waals surface area (Å²) in [6, 6.07) is 16.6. The summed E-state index contributed by atoms with van der Waals surface area (Å²) in [6.07, 6.45) is 3.37.